The quantitative estimate of drug-likeness (QED) is 0.447. The number of hydrogen-bond acceptors (Lipinski definition) is 7. The molecule has 0 aromatic heterocycles. The molecule has 1 aliphatic rings. The Morgan fingerprint density at radius 3 is 2.59 bits per heavy atom. The Bertz CT molecular complexity index is 855. The number of methoxy groups -OCH3 is 2. The largest absolute Gasteiger partial charge is 0.493 e. The molecule has 8 nitrogen and oxygen atoms in total. The molecule has 1 aromatic rings. The monoisotopic (exact) mass is 438 g/mol. The second-order valence-electron chi connectivity index (χ2n) is 6.06. The smallest absolute Gasteiger partial charge is 0.326 e. The first kappa shape index (κ1) is 22.7. The maximum atomic E-state index is 12.7. The van der Waals surface area contributed by atoms with Gasteiger partial charge in [0.15, 0.2) is 11.5 Å². The van der Waals surface area contributed by atoms with Crippen LogP contribution in [0, 0.1) is 0 Å². The number of hydrogen-bond donors (Lipinski definition) is 2. The molecular formula is C19H22N2O6S2. The van der Waals surface area contributed by atoms with Gasteiger partial charge >= 0.3 is 5.97 Å². The summed E-state index contributed by atoms with van der Waals surface area (Å²) < 4.78 is 10.8. The van der Waals surface area contributed by atoms with Crippen LogP contribution in [0.4, 0.5) is 0 Å². The predicted molar refractivity (Wildman–Crippen MR) is 114 cm³/mol. The average Bonchev–Trinajstić information content (AvgIpc) is 2.96. The minimum atomic E-state index is -1.09. The molecule has 1 aromatic carbocycles. The van der Waals surface area contributed by atoms with Crippen LogP contribution < -0.4 is 14.8 Å². The van der Waals surface area contributed by atoms with Gasteiger partial charge in [-0.2, -0.15) is 0 Å². The molecular weight excluding hydrogens is 416 g/mol. The lowest BCUT2D eigenvalue weighted by atomic mass is 10.2. The third-order valence-electron chi connectivity index (χ3n) is 4.18. The van der Waals surface area contributed by atoms with Crippen molar-refractivity contribution < 1.29 is 29.0 Å². The fraction of sp³-hybridized carbons (Fsp3) is 0.368. The highest BCUT2D eigenvalue weighted by Crippen LogP contribution is 2.34. The SMILES string of the molecule is CC[C@H](NC(=O)CCN1C(=O)/C(=C\c2ccc(OC)c(OC)c2)SC1=S)C(=O)O. The van der Waals surface area contributed by atoms with Crippen molar-refractivity contribution in [1.29, 1.82) is 0 Å². The number of carboxylic acids is 1. The zero-order chi connectivity index (χ0) is 21.6. The third-order valence-corrected chi connectivity index (χ3v) is 5.56. The van der Waals surface area contributed by atoms with Gasteiger partial charge in [0.1, 0.15) is 10.4 Å². The van der Waals surface area contributed by atoms with E-state index in [1.165, 1.54) is 19.1 Å². The maximum Gasteiger partial charge on any atom is 0.326 e. The van der Waals surface area contributed by atoms with Gasteiger partial charge in [0.25, 0.3) is 5.91 Å². The number of thiocarbonyl (C=S) groups is 1. The van der Waals surface area contributed by atoms with E-state index in [1.54, 1.807) is 31.2 Å². The Hall–Kier alpha value is -2.59. The van der Waals surface area contributed by atoms with Gasteiger partial charge in [-0.05, 0) is 30.2 Å². The van der Waals surface area contributed by atoms with Crippen molar-refractivity contribution in [3.63, 3.8) is 0 Å². The van der Waals surface area contributed by atoms with Gasteiger partial charge in [0, 0.05) is 13.0 Å². The first-order valence-electron chi connectivity index (χ1n) is 8.80. The van der Waals surface area contributed by atoms with Gasteiger partial charge in [0.2, 0.25) is 5.91 Å². The molecule has 29 heavy (non-hydrogen) atoms. The van der Waals surface area contributed by atoms with Crippen molar-refractivity contribution in [2.45, 2.75) is 25.8 Å². The standard InChI is InChI=1S/C19H22N2O6S2/c1-4-12(18(24)25)20-16(22)7-8-21-17(23)15(29-19(21)28)10-11-5-6-13(26-2)14(9-11)27-3/h5-6,9-10,12H,4,7-8H2,1-3H3,(H,20,22)(H,24,25)/b15-10+/t12-/m0/s1. The Morgan fingerprint density at radius 1 is 1.31 bits per heavy atom. The normalized spacial score (nSPS) is 16.1. The Balaban J connectivity index is 2.05. The topological polar surface area (TPSA) is 105 Å². The van der Waals surface area contributed by atoms with Crippen LogP contribution in [0.3, 0.4) is 0 Å². The molecule has 0 bridgehead atoms. The van der Waals surface area contributed by atoms with Crippen molar-refractivity contribution in [2.75, 3.05) is 20.8 Å². The van der Waals surface area contributed by atoms with Crippen LogP contribution in [0.25, 0.3) is 6.08 Å². The zero-order valence-corrected chi connectivity index (χ0v) is 17.9. The van der Waals surface area contributed by atoms with Gasteiger partial charge in [-0.15, -0.1) is 0 Å². The summed E-state index contributed by atoms with van der Waals surface area (Å²) in [5.74, 6) is -0.721. The highest BCUT2D eigenvalue weighted by atomic mass is 32.2. The second-order valence-corrected chi connectivity index (χ2v) is 7.74. The molecule has 1 saturated heterocycles. The van der Waals surface area contributed by atoms with Crippen LogP contribution in [0.5, 0.6) is 11.5 Å². The van der Waals surface area contributed by atoms with E-state index >= 15 is 0 Å². The molecule has 1 aliphatic heterocycles. The van der Waals surface area contributed by atoms with Crippen LogP contribution in [0.1, 0.15) is 25.3 Å². The Kier molecular flexibility index (Phi) is 8.03. The number of carbonyl (C=O) groups is 3. The number of benzene rings is 1. The van der Waals surface area contributed by atoms with Gasteiger partial charge in [-0.25, -0.2) is 4.79 Å². The van der Waals surface area contributed by atoms with Crippen LogP contribution in [0.15, 0.2) is 23.1 Å². The van der Waals surface area contributed by atoms with E-state index in [2.05, 4.69) is 5.32 Å². The van der Waals surface area contributed by atoms with E-state index < -0.39 is 17.9 Å². The summed E-state index contributed by atoms with van der Waals surface area (Å²) in [7, 11) is 3.07. The molecule has 0 aliphatic carbocycles. The van der Waals surface area contributed by atoms with E-state index in [-0.39, 0.29) is 25.3 Å². The van der Waals surface area contributed by atoms with E-state index in [9.17, 15) is 14.4 Å². The summed E-state index contributed by atoms with van der Waals surface area (Å²) in [5.41, 5.74) is 0.744. The Labute approximate surface area is 178 Å². The van der Waals surface area contributed by atoms with Crippen molar-refractivity contribution in [3.8, 4) is 11.5 Å². The van der Waals surface area contributed by atoms with Gasteiger partial charge < -0.3 is 19.9 Å². The molecule has 0 radical (unpaired) electrons. The number of ether oxygens (including phenoxy) is 2. The summed E-state index contributed by atoms with van der Waals surface area (Å²) in [6, 6.07) is 4.33. The molecule has 0 spiro atoms. The second kappa shape index (κ2) is 10.3. The predicted octanol–water partition coefficient (Wildman–Crippen LogP) is 2.27. The van der Waals surface area contributed by atoms with E-state index in [0.29, 0.717) is 20.7 Å². The van der Waals surface area contributed by atoms with Crippen LogP contribution in [-0.4, -0.2) is 58.9 Å². The summed E-state index contributed by atoms with van der Waals surface area (Å²) in [6.45, 7) is 1.75. The fourth-order valence-corrected chi connectivity index (χ4v) is 3.91. The van der Waals surface area contributed by atoms with Crippen molar-refractivity contribution in [1.82, 2.24) is 10.2 Å². The highest BCUT2D eigenvalue weighted by molar-refractivity contribution is 8.26. The first-order valence-corrected chi connectivity index (χ1v) is 10.0. The minimum absolute atomic E-state index is 0.0418. The summed E-state index contributed by atoms with van der Waals surface area (Å²) in [4.78, 5) is 37.4. The molecule has 1 heterocycles. The number of nitrogens with zero attached hydrogens (tertiary/aromatic N) is 1. The fourth-order valence-electron chi connectivity index (χ4n) is 2.61. The van der Waals surface area contributed by atoms with Gasteiger partial charge in [-0.3, -0.25) is 14.5 Å². The number of carboxylic acid groups (broad SMARTS) is 1. The molecule has 156 valence electrons. The molecule has 2 rings (SSSR count). The highest BCUT2D eigenvalue weighted by Gasteiger charge is 2.32. The van der Waals surface area contributed by atoms with Gasteiger partial charge in [0.05, 0.1) is 19.1 Å². The van der Waals surface area contributed by atoms with Crippen LogP contribution in [-0.2, 0) is 14.4 Å². The number of amides is 2. The molecule has 10 heteroatoms. The molecule has 1 atom stereocenters. The van der Waals surface area contributed by atoms with Crippen LogP contribution >= 0.6 is 24.0 Å². The number of nitrogens with one attached hydrogen (secondary N) is 1. The van der Waals surface area contributed by atoms with E-state index in [4.69, 9.17) is 26.8 Å². The molecule has 0 saturated carbocycles. The summed E-state index contributed by atoms with van der Waals surface area (Å²) >= 11 is 6.41. The number of thioether (sulfide) groups is 1. The van der Waals surface area contributed by atoms with Crippen molar-refractivity contribution >= 4 is 52.2 Å². The molecule has 2 amide bonds. The average molecular weight is 439 g/mol. The summed E-state index contributed by atoms with van der Waals surface area (Å²) in [5, 5.41) is 11.4. The number of aliphatic carboxylic acids is 1. The molecule has 1 fully saturated rings. The Morgan fingerprint density at radius 2 is 2.00 bits per heavy atom. The number of carbonyl (C=O) groups excluding carboxylic acids is 2. The molecule has 0 unspecified atom stereocenters. The lowest BCUT2D eigenvalue weighted by Crippen LogP contribution is -2.42. The third kappa shape index (κ3) is 5.70. The summed E-state index contributed by atoms with van der Waals surface area (Å²) in [6.07, 6.45) is 1.93. The van der Waals surface area contributed by atoms with E-state index in [0.717, 1.165) is 17.3 Å². The maximum absolute atomic E-state index is 12.7. The van der Waals surface area contributed by atoms with Gasteiger partial charge in [-0.1, -0.05) is 37.0 Å². The lowest BCUT2D eigenvalue weighted by Gasteiger charge is -2.16. The van der Waals surface area contributed by atoms with E-state index in [1.807, 2.05) is 0 Å². The first-order chi connectivity index (χ1) is 13.8. The lowest BCUT2D eigenvalue weighted by molar-refractivity contribution is -0.142. The van der Waals surface area contributed by atoms with Crippen molar-refractivity contribution in [2.24, 2.45) is 0 Å². The number of rotatable bonds is 9. The molecule has 2 N–H and O–H groups in total. The minimum Gasteiger partial charge on any atom is -0.493 e. The zero-order valence-electron chi connectivity index (χ0n) is 16.3. The van der Waals surface area contributed by atoms with Crippen LogP contribution in [0.2, 0.25) is 0 Å². The van der Waals surface area contributed by atoms with Crippen molar-refractivity contribution in [3.05, 3.63) is 28.7 Å².